The van der Waals surface area contributed by atoms with Crippen molar-refractivity contribution in [1.82, 2.24) is 0 Å². The van der Waals surface area contributed by atoms with E-state index in [0.29, 0.717) is 17.7 Å². The Hall–Kier alpha value is -3.27. The Morgan fingerprint density at radius 1 is 1.23 bits per heavy atom. The number of hydrogen-bond donors (Lipinski definition) is 1. The average molecular weight is 411 g/mol. The number of hydrogen-bond acceptors (Lipinski definition) is 3. The van der Waals surface area contributed by atoms with Crippen LogP contribution in [0.3, 0.4) is 0 Å². The number of halogens is 3. The largest absolute Gasteiger partial charge is 0.416 e. The Morgan fingerprint density at radius 3 is 2.57 bits per heavy atom. The van der Waals surface area contributed by atoms with Crippen molar-refractivity contribution in [2.45, 2.75) is 44.4 Å². The summed E-state index contributed by atoms with van der Waals surface area (Å²) >= 11 is 0. The van der Waals surface area contributed by atoms with Crippen molar-refractivity contribution in [2.24, 2.45) is 0 Å². The molecule has 0 saturated carbocycles. The molecule has 0 aliphatic carbocycles. The second-order valence-corrected chi connectivity index (χ2v) is 8.23. The van der Waals surface area contributed by atoms with Gasteiger partial charge in [0.05, 0.1) is 17.3 Å². The van der Waals surface area contributed by atoms with Gasteiger partial charge in [-0.05, 0) is 62.6 Å². The molecule has 0 saturated heterocycles. The number of aryl methyl sites for hydroxylation is 1. The van der Waals surface area contributed by atoms with Gasteiger partial charge < -0.3 is 5.32 Å². The molecule has 0 aromatic heterocycles. The van der Waals surface area contributed by atoms with Gasteiger partial charge in [-0.3, -0.25) is 9.69 Å². The van der Waals surface area contributed by atoms with Gasteiger partial charge in [-0.2, -0.15) is 18.4 Å². The minimum absolute atomic E-state index is 0.0708. The highest BCUT2D eigenvalue weighted by Crippen LogP contribution is 2.46. The molecule has 7 heteroatoms. The lowest BCUT2D eigenvalue weighted by molar-refractivity contribution is -0.0692. The number of carbonyl (C=O) groups excluding carboxylic acids is 1. The van der Waals surface area contributed by atoms with Crippen LogP contribution in [0.25, 0.3) is 5.57 Å². The minimum atomic E-state index is -4.64. The summed E-state index contributed by atoms with van der Waals surface area (Å²) in [6.07, 6.45) is -2.39. The molecule has 2 aliphatic heterocycles. The number of carbonyl (C=O) groups is 1. The van der Waals surface area contributed by atoms with Crippen LogP contribution in [0.15, 0.2) is 48.5 Å². The fourth-order valence-electron chi connectivity index (χ4n) is 4.02. The number of benzene rings is 2. The molecule has 1 unspecified atom stereocenters. The zero-order valence-electron chi connectivity index (χ0n) is 16.5. The molecule has 30 heavy (non-hydrogen) atoms. The van der Waals surface area contributed by atoms with E-state index < -0.39 is 23.7 Å². The maximum Gasteiger partial charge on any atom is 0.416 e. The number of rotatable bonds is 1. The summed E-state index contributed by atoms with van der Waals surface area (Å²) in [6, 6.07) is 11.8. The second-order valence-electron chi connectivity index (χ2n) is 8.23. The normalized spacial score (nSPS) is 19.7. The molecule has 0 bridgehead atoms. The van der Waals surface area contributed by atoms with Crippen LogP contribution in [0.5, 0.6) is 0 Å². The van der Waals surface area contributed by atoms with Crippen LogP contribution >= 0.6 is 0 Å². The molecular weight excluding hydrogens is 391 g/mol. The van der Waals surface area contributed by atoms with Crippen LogP contribution in [-0.2, 0) is 6.42 Å². The van der Waals surface area contributed by atoms with Crippen LogP contribution in [0.1, 0.15) is 41.8 Å². The highest BCUT2D eigenvalue weighted by Gasteiger charge is 2.43. The van der Waals surface area contributed by atoms with E-state index in [-0.39, 0.29) is 16.8 Å². The topological polar surface area (TPSA) is 56.1 Å². The van der Waals surface area contributed by atoms with Crippen LogP contribution in [-0.4, -0.2) is 23.7 Å². The van der Waals surface area contributed by atoms with Gasteiger partial charge in [-0.1, -0.05) is 18.2 Å². The summed E-state index contributed by atoms with van der Waals surface area (Å²) in [5.74, 6) is -0.518. The number of anilines is 2. The van der Waals surface area contributed by atoms with E-state index in [4.69, 9.17) is 0 Å². The first kappa shape index (κ1) is 20.0. The summed E-state index contributed by atoms with van der Waals surface area (Å²) in [6.45, 7) is 4.03. The molecule has 4 rings (SSSR count). The third-order valence-electron chi connectivity index (χ3n) is 5.54. The Labute approximate surface area is 172 Å². The summed E-state index contributed by atoms with van der Waals surface area (Å²) in [5.41, 5.74) is 0.684. The Balaban J connectivity index is 1.93. The molecule has 2 aromatic rings. The van der Waals surface area contributed by atoms with E-state index >= 15 is 0 Å². The molecule has 2 aliphatic rings. The fourth-order valence-corrected chi connectivity index (χ4v) is 4.02. The van der Waals surface area contributed by atoms with E-state index in [1.165, 1.54) is 6.07 Å². The molecule has 154 valence electrons. The Kier molecular flexibility index (Phi) is 4.61. The Morgan fingerprint density at radius 2 is 1.93 bits per heavy atom. The average Bonchev–Trinajstić information content (AvgIpc) is 2.70. The molecule has 4 nitrogen and oxygen atoms in total. The van der Waals surface area contributed by atoms with Crippen molar-refractivity contribution in [2.75, 3.05) is 10.2 Å². The third kappa shape index (κ3) is 3.43. The van der Waals surface area contributed by atoms with Gasteiger partial charge in [0, 0.05) is 22.4 Å². The quantitative estimate of drug-likeness (QED) is 0.691. The molecule has 2 aromatic carbocycles. The highest BCUT2D eigenvalue weighted by molar-refractivity contribution is 6.10. The van der Waals surface area contributed by atoms with Crippen LogP contribution in [0.4, 0.5) is 24.5 Å². The predicted molar refractivity (Wildman–Crippen MR) is 109 cm³/mol. The van der Waals surface area contributed by atoms with Gasteiger partial charge >= 0.3 is 6.18 Å². The van der Waals surface area contributed by atoms with Crippen molar-refractivity contribution in [3.8, 4) is 6.07 Å². The number of nitrogens with one attached hydrogen (secondary N) is 1. The van der Waals surface area contributed by atoms with Gasteiger partial charge in [0.1, 0.15) is 6.04 Å². The van der Waals surface area contributed by atoms with Gasteiger partial charge in [0.15, 0.2) is 0 Å². The van der Waals surface area contributed by atoms with Crippen LogP contribution in [0, 0.1) is 11.3 Å². The molecular formula is C23H20F3N3O. The van der Waals surface area contributed by atoms with Crippen LogP contribution < -0.4 is 10.2 Å². The number of amides is 1. The predicted octanol–water partition coefficient (Wildman–Crippen LogP) is 5.32. The lowest BCUT2D eigenvalue weighted by atomic mass is 9.85. The molecule has 0 spiro atoms. The highest BCUT2D eigenvalue weighted by atomic mass is 19.4. The summed E-state index contributed by atoms with van der Waals surface area (Å²) < 4.78 is 41.5. The maximum atomic E-state index is 13.8. The lowest BCUT2D eigenvalue weighted by Gasteiger charge is -2.38. The number of allylic oxidation sites excluding steroid dienone is 1. The van der Waals surface area contributed by atoms with Crippen molar-refractivity contribution in [3.05, 3.63) is 65.2 Å². The summed E-state index contributed by atoms with van der Waals surface area (Å²) in [7, 11) is 0. The van der Waals surface area contributed by atoms with Crippen molar-refractivity contribution in [1.29, 1.82) is 5.26 Å². The van der Waals surface area contributed by atoms with E-state index in [0.717, 1.165) is 23.0 Å². The van der Waals surface area contributed by atoms with E-state index in [2.05, 4.69) is 5.32 Å². The molecule has 0 fully saturated rings. The standard InChI is InChI=1S/C23H20F3N3O/c1-22(2)9-8-15-10-17-18(23(24,25)26)11-16(13-27)29(20(17)12-19(15)28-22)21(30)14-6-4-3-5-7-14/h3-7,10-12,16,28H,8-9H2,1-2H3. The maximum absolute atomic E-state index is 13.8. The first-order valence-electron chi connectivity index (χ1n) is 9.63. The molecule has 1 amide bonds. The van der Waals surface area contributed by atoms with Crippen LogP contribution in [0.2, 0.25) is 0 Å². The first-order chi connectivity index (χ1) is 14.1. The molecule has 0 radical (unpaired) electrons. The fraction of sp³-hybridized carbons (Fsp3) is 0.304. The number of alkyl halides is 3. The Bertz CT molecular complexity index is 1080. The van der Waals surface area contributed by atoms with Gasteiger partial charge in [0.2, 0.25) is 0 Å². The SMILES string of the molecule is CC1(C)CCc2cc3c(cc2N1)N(C(=O)c1ccccc1)C(C#N)C=C3C(F)(F)F. The monoisotopic (exact) mass is 411 g/mol. The van der Waals surface area contributed by atoms with Crippen molar-refractivity contribution >= 4 is 22.9 Å². The number of nitrogens with zero attached hydrogens (tertiary/aromatic N) is 2. The number of fused-ring (bicyclic) bond motifs is 2. The van der Waals surface area contributed by atoms with Gasteiger partial charge in [-0.15, -0.1) is 0 Å². The zero-order chi connectivity index (χ0) is 21.7. The van der Waals surface area contributed by atoms with Crippen molar-refractivity contribution < 1.29 is 18.0 Å². The first-order valence-corrected chi connectivity index (χ1v) is 9.63. The molecule has 1 atom stereocenters. The van der Waals surface area contributed by atoms with E-state index in [1.54, 1.807) is 36.4 Å². The summed E-state index contributed by atoms with van der Waals surface area (Å²) in [4.78, 5) is 14.4. The van der Waals surface area contributed by atoms with Gasteiger partial charge in [-0.25, -0.2) is 0 Å². The zero-order valence-corrected chi connectivity index (χ0v) is 16.5. The van der Waals surface area contributed by atoms with E-state index in [9.17, 15) is 23.2 Å². The lowest BCUT2D eigenvalue weighted by Crippen LogP contribution is -2.43. The number of nitriles is 1. The smallest absolute Gasteiger partial charge is 0.380 e. The molecule has 1 N–H and O–H groups in total. The second kappa shape index (κ2) is 6.91. The summed E-state index contributed by atoms with van der Waals surface area (Å²) in [5, 5.41) is 13.0. The molecule has 2 heterocycles. The van der Waals surface area contributed by atoms with Crippen molar-refractivity contribution in [3.63, 3.8) is 0 Å². The van der Waals surface area contributed by atoms with E-state index in [1.807, 2.05) is 19.9 Å². The third-order valence-corrected chi connectivity index (χ3v) is 5.54. The van der Waals surface area contributed by atoms with Gasteiger partial charge in [0.25, 0.3) is 5.91 Å². The minimum Gasteiger partial charge on any atom is -0.380 e.